The lowest BCUT2D eigenvalue weighted by molar-refractivity contribution is -0.125. The second-order valence-corrected chi connectivity index (χ2v) is 3.28. The quantitative estimate of drug-likeness (QED) is 0.608. The summed E-state index contributed by atoms with van der Waals surface area (Å²) in [5.74, 6) is -1.64. The zero-order valence-corrected chi connectivity index (χ0v) is 8.88. The van der Waals surface area contributed by atoms with E-state index >= 15 is 0 Å². The molecule has 1 aromatic rings. The van der Waals surface area contributed by atoms with Crippen molar-refractivity contribution in [2.75, 3.05) is 7.11 Å². The molecule has 0 aliphatic carbocycles. The van der Waals surface area contributed by atoms with Crippen molar-refractivity contribution in [1.82, 2.24) is 0 Å². The third-order valence-corrected chi connectivity index (χ3v) is 1.99. The molecule has 0 spiro atoms. The first-order valence-corrected chi connectivity index (χ1v) is 4.62. The molecule has 0 aliphatic rings. The number of carbonyl (C=O) groups is 2. The first kappa shape index (κ1) is 13.2. The summed E-state index contributed by atoms with van der Waals surface area (Å²) in [6, 6.07) is 4.82. The molecule has 0 atom stereocenters. The van der Waals surface area contributed by atoms with Crippen molar-refractivity contribution < 1.29 is 27.5 Å². The van der Waals surface area contributed by atoms with Gasteiger partial charge in [-0.15, -0.1) is 0 Å². The summed E-state index contributed by atoms with van der Waals surface area (Å²) in [4.78, 5) is 22.2. The first-order chi connectivity index (χ1) is 7.83. The largest absolute Gasteiger partial charge is 0.465 e. The second-order valence-electron chi connectivity index (χ2n) is 3.28. The summed E-state index contributed by atoms with van der Waals surface area (Å²) >= 11 is 0. The number of rotatable bonds is 3. The van der Waals surface area contributed by atoms with Crippen molar-refractivity contribution in [2.24, 2.45) is 0 Å². The number of halogens is 3. The maximum Gasteiger partial charge on any atom is 0.396 e. The van der Waals surface area contributed by atoms with Crippen LogP contribution >= 0.6 is 0 Å². The van der Waals surface area contributed by atoms with Gasteiger partial charge in [0.05, 0.1) is 12.7 Å². The lowest BCUT2D eigenvalue weighted by Crippen LogP contribution is -2.15. The van der Waals surface area contributed by atoms with Crippen molar-refractivity contribution in [3.63, 3.8) is 0 Å². The van der Waals surface area contributed by atoms with Crippen molar-refractivity contribution >= 4 is 11.8 Å². The molecule has 0 radical (unpaired) electrons. The number of alkyl halides is 3. The highest BCUT2D eigenvalue weighted by atomic mass is 19.4. The van der Waals surface area contributed by atoms with Crippen LogP contribution in [0.1, 0.15) is 27.1 Å². The molecular formula is C11H9F3O3. The number of hydrogen-bond acceptors (Lipinski definition) is 3. The van der Waals surface area contributed by atoms with Crippen LogP contribution in [0, 0.1) is 0 Å². The highest BCUT2D eigenvalue weighted by Gasteiger charge is 2.31. The van der Waals surface area contributed by atoms with Gasteiger partial charge in [0.15, 0.2) is 5.78 Å². The van der Waals surface area contributed by atoms with E-state index in [2.05, 4.69) is 4.74 Å². The maximum atomic E-state index is 12.0. The molecule has 1 rings (SSSR count). The van der Waals surface area contributed by atoms with E-state index in [9.17, 15) is 22.8 Å². The number of carbonyl (C=O) groups excluding carboxylic acids is 2. The number of Topliss-reactive ketones (excluding diaryl/α,β-unsaturated/α-hetero) is 1. The highest BCUT2D eigenvalue weighted by Crippen LogP contribution is 2.22. The van der Waals surface area contributed by atoms with Crippen molar-refractivity contribution in [3.8, 4) is 0 Å². The van der Waals surface area contributed by atoms with Crippen molar-refractivity contribution in [2.45, 2.75) is 12.6 Å². The van der Waals surface area contributed by atoms with Gasteiger partial charge in [0.1, 0.15) is 6.42 Å². The molecule has 0 heterocycles. The Morgan fingerprint density at radius 3 is 2.00 bits per heavy atom. The molecule has 1 aromatic carbocycles. The predicted octanol–water partition coefficient (Wildman–Crippen LogP) is 2.61. The Hall–Kier alpha value is -1.85. The third kappa shape index (κ3) is 3.90. The van der Waals surface area contributed by atoms with Crippen LogP contribution in [0.5, 0.6) is 0 Å². The van der Waals surface area contributed by atoms with Gasteiger partial charge >= 0.3 is 12.1 Å². The topological polar surface area (TPSA) is 43.4 Å². The SMILES string of the molecule is COC(=O)c1ccc(C(=O)CC(F)(F)F)cc1. The second kappa shape index (κ2) is 4.99. The minimum Gasteiger partial charge on any atom is -0.465 e. The number of ether oxygens (including phenoxy) is 1. The van der Waals surface area contributed by atoms with Gasteiger partial charge in [-0.2, -0.15) is 13.2 Å². The van der Waals surface area contributed by atoms with Crippen LogP contribution in [0.4, 0.5) is 13.2 Å². The van der Waals surface area contributed by atoms with E-state index in [0.29, 0.717) is 0 Å². The minimum atomic E-state index is -4.53. The summed E-state index contributed by atoms with van der Waals surface area (Å²) in [6.07, 6.45) is -6.04. The number of hydrogen-bond donors (Lipinski definition) is 0. The number of methoxy groups -OCH3 is 1. The Kier molecular flexibility index (Phi) is 3.88. The van der Waals surface area contributed by atoms with Crippen LogP contribution in [-0.2, 0) is 4.74 Å². The van der Waals surface area contributed by atoms with Crippen LogP contribution < -0.4 is 0 Å². The molecule has 0 fully saturated rings. The van der Waals surface area contributed by atoms with Crippen LogP contribution in [0.15, 0.2) is 24.3 Å². The Morgan fingerprint density at radius 2 is 1.59 bits per heavy atom. The number of esters is 1. The monoisotopic (exact) mass is 246 g/mol. The lowest BCUT2D eigenvalue weighted by atomic mass is 10.1. The number of ketones is 1. The first-order valence-electron chi connectivity index (χ1n) is 4.62. The summed E-state index contributed by atoms with van der Waals surface area (Å²) in [5.41, 5.74) is 0.0889. The van der Waals surface area contributed by atoms with Gasteiger partial charge in [0, 0.05) is 5.56 Å². The van der Waals surface area contributed by atoms with Gasteiger partial charge < -0.3 is 4.74 Å². The summed E-state index contributed by atoms with van der Waals surface area (Å²) < 4.78 is 40.3. The van der Waals surface area contributed by atoms with Gasteiger partial charge in [-0.3, -0.25) is 4.79 Å². The minimum absolute atomic E-state index is 0.0880. The Balaban J connectivity index is 2.81. The Bertz CT molecular complexity index is 421. The lowest BCUT2D eigenvalue weighted by Gasteiger charge is -2.05. The zero-order chi connectivity index (χ0) is 13.1. The average molecular weight is 246 g/mol. The molecule has 0 saturated carbocycles. The normalized spacial score (nSPS) is 11.1. The summed E-state index contributed by atoms with van der Waals surface area (Å²) in [7, 11) is 1.19. The average Bonchev–Trinajstić information content (AvgIpc) is 2.26. The predicted molar refractivity (Wildman–Crippen MR) is 52.8 cm³/mol. The van der Waals surface area contributed by atoms with E-state index in [1.807, 2.05) is 0 Å². The van der Waals surface area contributed by atoms with Crippen LogP contribution in [-0.4, -0.2) is 25.0 Å². The fourth-order valence-corrected chi connectivity index (χ4v) is 1.19. The van der Waals surface area contributed by atoms with E-state index in [0.717, 1.165) is 0 Å². The smallest absolute Gasteiger partial charge is 0.396 e. The van der Waals surface area contributed by atoms with E-state index in [1.165, 1.54) is 31.4 Å². The molecule has 17 heavy (non-hydrogen) atoms. The molecule has 0 unspecified atom stereocenters. The van der Waals surface area contributed by atoms with Gasteiger partial charge in [0.2, 0.25) is 0 Å². The van der Waals surface area contributed by atoms with Gasteiger partial charge in [-0.05, 0) is 12.1 Å². The van der Waals surface area contributed by atoms with Gasteiger partial charge in [-0.25, -0.2) is 4.79 Å². The molecule has 92 valence electrons. The van der Waals surface area contributed by atoms with Gasteiger partial charge in [-0.1, -0.05) is 12.1 Å². The van der Waals surface area contributed by atoms with Crippen molar-refractivity contribution in [3.05, 3.63) is 35.4 Å². The standard InChI is InChI=1S/C11H9F3O3/c1-17-10(16)8-4-2-7(3-5-8)9(15)6-11(12,13)14/h2-5H,6H2,1H3. The van der Waals surface area contributed by atoms with Crippen molar-refractivity contribution in [1.29, 1.82) is 0 Å². The molecule has 3 nitrogen and oxygen atoms in total. The Labute approximate surface area is 95.2 Å². The van der Waals surface area contributed by atoms with E-state index < -0.39 is 24.3 Å². The van der Waals surface area contributed by atoms with Crippen LogP contribution in [0.2, 0.25) is 0 Å². The highest BCUT2D eigenvalue weighted by molar-refractivity contribution is 5.97. The number of benzene rings is 1. The van der Waals surface area contributed by atoms with E-state index in [-0.39, 0.29) is 11.1 Å². The van der Waals surface area contributed by atoms with Gasteiger partial charge in [0.25, 0.3) is 0 Å². The van der Waals surface area contributed by atoms with Crippen LogP contribution in [0.3, 0.4) is 0 Å². The molecule has 0 bridgehead atoms. The molecule has 0 amide bonds. The zero-order valence-electron chi connectivity index (χ0n) is 8.88. The Morgan fingerprint density at radius 1 is 1.12 bits per heavy atom. The van der Waals surface area contributed by atoms with Crippen LogP contribution in [0.25, 0.3) is 0 Å². The van der Waals surface area contributed by atoms with E-state index in [1.54, 1.807) is 0 Å². The third-order valence-electron chi connectivity index (χ3n) is 1.99. The molecule has 6 heteroatoms. The summed E-state index contributed by atoms with van der Waals surface area (Å²) in [5, 5.41) is 0. The molecular weight excluding hydrogens is 237 g/mol. The fraction of sp³-hybridized carbons (Fsp3) is 0.273. The fourth-order valence-electron chi connectivity index (χ4n) is 1.19. The molecule has 0 aliphatic heterocycles. The van der Waals surface area contributed by atoms with E-state index in [4.69, 9.17) is 0 Å². The summed E-state index contributed by atoms with van der Waals surface area (Å²) in [6.45, 7) is 0. The molecule has 0 saturated heterocycles. The maximum absolute atomic E-state index is 12.0. The molecule has 0 N–H and O–H groups in total. The molecule has 0 aromatic heterocycles.